The lowest BCUT2D eigenvalue weighted by molar-refractivity contribution is 0.696. The number of fused-ring (bicyclic) bond motifs is 1. The second-order valence-electron chi connectivity index (χ2n) is 4.53. The number of aryl methyl sites for hydroxylation is 1. The van der Waals surface area contributed by atoms with E-state index in [2.05, 4.69) is 15.0 Å². The Kier molecular flexibility index (Phi) is 4.26. The van der Waals surface area contributed by atoms with Crippen molar-refractivity contribution in [2.75, 3.05) is 11.5 Å². The summed E-state index contributed by atoms with van der Waals surface area (Å²) >= 11 is 7.68. The summed E-state index contributed by atoms with van der Waals surface area (Å²) in [4.78, 5) is 13.7. The van der Waals surface area contributed by atoms with Crippen molar-refractivity contribution < 1.29 is 0 Å². The van der Waals surface area contributed by atoms with Crippen molar-refractivity contribution in [2.45, 2.75) is 17.9 Å². The highest BCUT2D eigenvalue weighted by molar-refractivity contribution is 7.99. The van der Waals surface area contributed by atoms with Crippen molar-refractivity contribution in [3.63, 3.8) is 0 Å². The van der Waals surface area contributed by atoms with Crippen molar-refractivity contribution in [3.05, 3.63) is 41.9 Å². The average molecular weight is 320 g/mol. The van der Waals surface area contributed by atoms with E-state index in [0.717, 1.165) is 29.4 Å². The normalized spacial score (nSPS) is 11.1. The minimum Gasteiger partial charge on any atom is -0.382 e. The van der Waals surface area contributed by atoms with Crippen molar-refractivity contribution in [1.29, 1.82) is 0 Å². The maximum Gasteiger partial charge on any atom is 0.165 e. The van der Waals surface area contributed by atoms with Crippen LogP contribution in [0.15, 0.2) is 41.8 Å². The lowest BCUT2D eigenvalue weighted by atomic mass is 10.4. The lowest BCUT2D eigenvalue weighted by Gasteiger charge is -2.04. The van der Waals surface area contributed by atoms with Gasteiger partial charge in [0.1, 0.15) is 11.8 Å². The molecule has 0 saturated carbocycles. The number of nitrogens with two attached hydrogens (primary N) is 1. The zero-order valence-corrected chi connectivity index (χ0v) is 12.8. The second-order valence-corrected chi connectivity index (χ2v) is 6.13. The molecule has 2 aromatic heterocycles. The van der Waals surface area contributed by atoms with E-state index >= 15 is 0 Å². The van der Waals surface area contributed by atoms with Crippen LogP contribution in [-0.4, -0.2) is 25.3 Å². The predicted molar refractivity (Wildman–Crippen MR) is 86.5 cm³/mol. The Morgan fingerprint density at radius 1 is 1.14 bits per heavy atom. The topological polar surface area (TPSA) is 69.6 Å². The molecule has 0 radical (unpaired) electrons. The fourth-order valence-corrected chi connectivity index (χ4v) is 2.98. The van der Waals surface area contributed by atoms with Crippen molar-refractivity contribution in [1.82, 2.24) is 19.5 Å². The molecule has 2 N–H and O–H groups in total. The van der Waals surface area contributed by atoms with E-state index in [1.807, 2.05) is 40.6 Å². The molecular weight excluding hydrogens is 306 g/mol. The molecule has 0 aliphatic rings. The van der Waals surface area contributed by atoms with Crippen LogP contribution in [0, 0.1) is 0 Å². The number of benzene rings is 1. The van der Waals surface area contributed by atoms with E-state index in [0.29, 0.717) is 11.3 Å². The van der Waals surface area contributed by atoms with Gasteiger partial charge in [-0.2, -0.15) is 0 Å². The summed E-state index contributed by atoms with van der Waals surface area (Å²) in [5, 5.41) is 0.765. The zero-order valence-electron chi connectivity index (χ0n) is 11.2. The Morgan fingerprint density at radius 3 is 2.76 bits per heavy atom. The molecule has 5 nitrogen and oxygen atoms in total. The van der Waals surface area contributed by atoms with E-state index in [1.54, 1.807) is 6.33 Å². The average Bonchev–Trinajstić information content (AvgIpc) is 2.90. The van der Waals surface area contributed by atoms with Crippen LogP contribution in [0.2, 0.25) is 5.02 Å². The number of nitrogens with zero attached hydrogens (tertiary/aromatic N) is 4. The molecule has 2 heterocycles. The lowest BCUT2D eigenvalue weighted by Crippen LogP contribution is -2.00. The standard InChI is InChI=1S/C14H14ClN5S/c15-10-2-4-11(5-3-10)21-7-1-6-20-9-19-12-13(16)17-8-18-14(12)20/h2-5,8-9H,1,6-7H2,(H2,16,17,18). The molecule has 7 heteroatoms. The van der Waals surface area contributed by atoms with Gasteiger partial charge in [-0.1, -0.05) is 11.6 Å². The SMILES string of the molecule is Nc1ncnc2c1ncn2CCCSc1ccc(Cl)cc1. The quantitative estimate of drug-likeness (QED) is 0.577. The van der Waals surface area contributed by atoms with Gasteiger partial charge in [-0.3, -0.25) is 0 Å². The van der Waals surface area contributed by atoms with Crippen molar-refractivity contribution >= 4 is 40.3 Å². The van der Waals surface area contributed by atoms with Crippen LogP contribution in [0.3, 0.4) is 0 Å². The van der Waals surface area contributed by atoms with Gasteiger partial charge in [0, 0.05) is 16.5 Å². The molecule has 1 aromatic carbocycles. The first-order valence-corrected chi connectivity index (χ1v) is 7.90. The molecule has 3 rings (SSSR count). The third kappa shape index (κ3) is 3.28. The Labute approximate surface area is 131 Å². The molecule has 0 atom stereocenters. The van der Waals surface area contributed by atoms with E-state index in [-0.39, 0.29) is 0 Å². The molecule has 0 aliphatic carbocycles. The number of anilines is 1. The number of imidazole rings is 1. The smallest absolute Gasteiger partial charge is 0.165 e. The summed E-state index contributed by atoms with van der Waals surface area (Å²) in [5.41, 5.74) is 7.23. The Balaban J connectivity index is 1.57. The summed E-state index contributed by atoms with van der Waals surface area (Å²) < 4.78 is 2.01. The first-order valence-electron chi connectivity index (χ1n) is 6.54. The highest BCUT2D eigenvalue weighted by atomic mass is 35.5. The predicted octanol–water partition coefficient (Wildman–Crippen LogP) is 3.24. The van der Waals surface area contributed by atoms with Gasteiger partial charge in [-0.25, -0.2) is 15.0 Å². The van der Waals surface area contributed by atoms with Gasteiger partial charge in [-0.15, -0.1) is 11.8 Å². The zero-order chi connectivity index (χ0) is 14.7. The molecular formula is C14H14ClN5S. The number of rotatable bonds is 5. The largest absolute Gasteiger partial charge is 0.382 e. The summed E-state index contributed by atoms with van der Waals surface area (Å²) in [6, 6.07) is 7.89. The van der Waals surface area contributed by atoms with Crippen LogP contribution in [0.5, 0.6) is 0 Å². The van der Waals surface area contributed by atoms with E-state index in [1.165, 1.54) is 11.2 Å². The van der Waals surface area contributed by atoms with Crippen LogP contribution in [-0.2, 0) is 6.54 Å². The third-order valence-corrected chi connectivity index (χ3v) is 4.41. The maximum atomic E-state index is 5.87. The van der Waals surface area contributed by atoms with Gasteiger partial charge in [0.2, 0.25) is 0 Å². The molecule has 0 aliphatic heterocycles. The summed E-state index contributed by atoms with van der Waals surface area (Å²) in [7, 11) is 0. The molecule has 21 heavy (non-hydrogen) atoms. The summed E-state index contributed by atoms with van der Waals surface area (Å²) in [5.74, 6) is 1.44. The van der Waals surface area contributed by atoms with Crippen molar-refractivity contribution in [2.24, 2.45) is 0 Å². The number of thioether (sulfide) groups is 1. The molecule has 0 amide bonds. The number of hydrogen-bond acceptors (Lipinski definition) is 5. The molecule has 0 unspecified atom stereocenters. The Bertz CT molecular complexity index is 741. The number of halogens is 1. The summed E-state index contributed by atoms with van der Waals surface area (Å²) in [6.07, 6.45) is 4.25. The van der Waals surface area contributed by atoms with Crippen LogP contribution in [0.4, 0.5) is 5.82 Å². The molecule has 0 fully saturated rings. The van der Waals surface area contributed by atoms with Crippen LogP contribution < -0.4 is 5.73 Å². The molecule has 0 bridgehead atoms. The Morgan fingerprint density at radius 2 is 1.95 bits per heavy atom. The van der Waals surface area contributed by atoms with Crippen molar-refractivity contribution in [3.8, 4) is 0 Å². The van der Waals surface area contributed by atoms with Gasteiger partial charge in [0.25, 0.3) is 0 Å². The number of aromatic nitrogens is 4. The van der Waals surface area contributed by atoms with E-state index in [4.69, 9.17) is 17.3 Å². The third-order valence-electron chi connectivity index (χ3n) is 3.06. The maximum absolute atomic E-state index is 5.87. The summed E-state index contributed by atoms with van der Waals surface area (Å²) in [6.45, 7) is 0.855. The Hall–Kier alpha value is -1.79. The van der Waals surface area contributed by atoms with Gasteiger partial charge in [0.15, 0.2) is 11.5 Å². The molecule has 0 saturated heterocycles. The highest BCUT2D eigenvalue weighted by Crippen LogP contribution is 2.21. The van der Waals surface area contributed by atoms with Crippen LogP contribution in [0.25, 0.3) is 11.2 Å². The van der Waals surface area contributed by atoms with E-state index in [9.17, 15) is 0 Å². The number of nitrogen functional groups attached to an aromatic ring is 1. The van der Waals surface area contributed by atoms with Gasteiger partial charge >= 0.3 is 0 Å². The fraction of sp³-hybridized carbons (Fsp3) is 0.214. The molecule has 108 valence electrons. The minimum atomic E-state index is 0.425. The van der Waals surface area contributed by atoms with Gasteiger partial charge in [-0.05, 0) is 36.4 Å². The first kappa shape index (κ1) is 14.2. The monoisotopic (exact) mass is 319 g/mol. The van der Waals surface area contributed by atoms with Gasteiger partial charge < -0.3 is 10.3 Å². The van der Waals surface area contributed by atoms with Crippen LogP contribution in [0.1, 0.15) is 6.42 Å². The highest BCUT2D eigenvalue weighted by Gasteiger charge is 2.07. The second kappa shape index (κ2) is 6.32. The number of hydrogen-bond donors (Lipinski definition) is 1. The van der Waals surface area contributed by atoms with Gasteiger partial charge in [0.05, 0.1) is 6.33 Å². The first-order chi connectivity index (χ1) is 10.2. The van der Waals surface area contributed by atoms with E-state index < -0.39 is 0 Å². The molecule has 3 aromatic rings. The fourth-order valence-electron chi connectivity index (χ4n) is 2.02. The van der Waals surface area contributed by atoms with Crippen LogP contribution >= 0.6 is 23.4 Å². The minimum absolute atomic E-state index is 0.425. The molecule has 0 spiro atoms.